The molecule has 0 N–H and O–H groups in total. The van der Waals surface area contributed by atoms with Crippen molar-refractivity contribution in [2.24, 2.45) is 5.10 Å². The summed E-state index contributed by atoms with van der Waals surface area (Å²) in [6.45, 7) is 2.03. The van der Waals surface area contributed by atoms with Gasteiger partial charge >= 0.3 is 0 Å². The van der Waals surface area contributed by atoms with Crippen molar-refractivity contribution in [3.8, 4) is 18.1 Å². The molecule has 0 bridgehead atoms. The van der Waals surface area contributed by atoms with Gasteiger partial charge in [0, 0.05) is 0 Å². The van der Waals surface area contributed by atoms with Crippen molar-refractivity contribution in [1.82, 2.24) is 0 Å². The second kappa shape index (κ2) is 7.37. The minimum Gasteiger partial charge on any atom is -0.480 e. The molecule has 0 saturated carbocycles. The van der Waals surface area contributed by atoms with E-state index >= 15 is 0 Å². The molecular weight excluding hydrogens is 380 g/mol. The summed E-state index contributed by atoms with van der Waals surface area (Å²) in [5.41, 5.74) is 2.85. The maximum absolute atomic E-state index is 12.7. The van der Waals surface area contributed by atoms with Crippen molar-refractivity contribution in [1.29, 1.82) is 0 Å². The third-order valence-corrected chi connectivity index (χ3v) is 4.26. The number of ether oxygens (including phenoxy) is 1. The molecule has 1 heterocycles. The Bertz CT molecular complexity index is 911. The minimum absolute atomic E-state index is 0.146. The van der Waals surface area contributed by atoms with Crippen molar-refractivity contribution in [2.75, 3.05) is 11.6 Å². The molecule has 1 amide bonds. The van der Waals surface area contributed by atoms with Crippen LogP contribution in [-0.4, -0.2) is 18.2 Å². The number of rotatable bonds is 4. The van der Waals surface area contributed by atoms with E-state index in [2.05, 4.69) is 27.0 Å². The average Bonchev–Trinajstić information content (AvgIpc) is 2.90. The number of hydrogen-bond donors (Lipinski definition) is 0. The van der Waals surface area contributed by atoms with Crippen LogP contribution in [0.15, 0.2) is 63.7 Å². The van der Waals surface area contributed by atoms with Crippen LogP contribution in [0.1, 0.15) is 12.5 Å². The summed E-state index contributed by atoms with van der Waals surface area (Å²) in [6, 6.07) is 14.9. The number of hydrazone groups is 1. The molecule has 124 valence electrons. The summed E-state index contributed by atoms with van der Waals surface area (Å²) >= 11 is 3.46. The Balaban J connectivity index is 1.87. The average molecular weight is 395 g/mol. The summed E-state index contributed by atoms with van der Waals surface area (Å²) in [7, 11) is 0. The Kier molecular flexibility index (Phi) is 5.01. The number of carbonyl (C=O) groups excluding carboxylic acids is 1. The number of para-hydroxylation sites is 1. The van der Waals surface area contributed by atoms with Crippen molar-refractivity contribution >= 4 is 39.3 Å². The molecule has 5 heteroatoms. The van der Waals surface area contributed by atoms with Crippen LogP contribution in [0.4, 0.5) is 5.69 Å². The van der Waals surface area contributed by atoms with Gasteiger partial charge in [0.15, 0.2) is 0 Å². The van der Waals surface area contributed by atoms with Crippen molar-refractivity contribution in [3.05, 3.63) is 64.1 Å². The van der Waals surface area contributed by atoms with Crippen molar-refractivity contribution in [3.63, 3.8) is 0 Å². The predicted molar refractivity (Wildman–Crippen MR) is 103 cm³/mol. The lowest BCUT2D eigenvalue weighted by Crippen LogP contribution is -2.21. The molecule has 0 saturated heterocycles. The van der Waals surface area contributed by atoms with Gasteiger partial charge in [-0.15, -0.1) is 6.42 Å². The van der Waals surface area contributed by atoms with Crippen LogP contribution < -0.4 is 9.75 Å². The summed E-state index contributed by atoms with van der Waals surface area (Å²) in [5.74, 6) is 2.94. The molecular formula is C20H15BrN2O2. The van der Waals surface area contributed by atoms with Gasteiger partial charge in [-0.25, -0.2) is 0 Å². The number of anilines is 1. The predicted octanol–water partition coefficient (Wildman–Crippen LogP) is 4.27. The second-order valence-corrected chi connectivity index (χ2v) is 6.23. The molecule has 0 radical (unpaired) electrons. The first-order valence-corrected chi connectivity index (χ1v) is 8.42. The Labute approximate surface area is 154 Å². The summed E-state index contributed by atoms with van der Waals surface area (Å²) in [4.78, 5) is 12.7. The first-order valence-electron chi connectivity index (χ1n) is 7.63. The normalized spacial score (nSPS) is 15.2. The zero-order valence-corrected chi connectivity index (χ0v) is 15.2. The summed E-state index contributed by atoms with van der Waals surface area (Å²) in [6.07, 6.45) is 7.02. The summed E-state index contributed by atoms with van der Waals surface area (Å²) in [5, 5.41) is 5.79. The molecule has 0 unspecified atom stereocenters. The lowest BCUT2D eigenvalue weighted by atomic mass is 10.1. The molecule has 4 nitrogen and oxygen atoms in total. The van der Waals surface area contributed by atoms with Crippen LogP contribution in [0.3, 0.4) is 0 Å². The van der Waals surface area contributed by atoms with Crippen molar-refractivity contribution in [2.45, 2.75) is 6.92 Å². The standard InChI is InChI=1S/C20H15BrN2O2/c1-3-11-25-19-10-9-15(13-18(19)21)12-17-14(2)22-23(20(17)24)16-7-5-4-6-8-16/h1,4-10,12-13H,11H2,2H3. The van der Waals surface area contributed by atoms with E-state index in [-0.39, 0.29) is 12.5 Å². The number of benzene rings is 2. The molecule has 0 aromatic heterocycles. The number of halogens is 1. The van der Waals surface area contributed by atoms with E-state index in [1.54, 1.807) is 0 Å². The molecule has 1 aliphatic heterocycles. The SMILES string of the molecule is C#CCOc1ccc(C=C2C(=O)N(c3ccccc3)N=C2C)cc1Br. The Hall–Kier alpha value is -2.84. The third kappa shape index (κ3) is 3.65. The number of terminal acetylenes is 1. The molecule has 0 fully saturated rings. The van der Waals surface area contributed by atoms with Gasteiger partial charge in [-0.1, -0.05) is 30.2 Å². The van der Waals surface area contributed by atoms with Gasteiger partial charge in [-0.2, -0.15) is 10.1 Å². The molecule has 25 heavy (non-hydrogen) atoms. The van der Waals surface area contributed by atoms with Gasteiger partial charge in [0.1, 0.15) is 12.4 Å². The number of carbonyl (C=O) groups is 1. The highest BCUT2D eigenvalue weighted by molar-refractivity contribution is 9.10. The van der Waals surface area contributed by atoms with E-state index in [4.69, 9.17) is 11.2 Å². The van der Waals surface area contributed by atoms with Gasteiger partial charge in [-0.05, 0) is 58.8 Å². The second-order valence-electron chi connectivity index (χ2n) is 5.38. The Morgan fingerprint density at radius 2 is 2.04 bits per heavy atom. The molecule has 1 aliphatic rings. The molecule has 0 spiro atoms. The highest BCUT2D eigenvalue weighted by Gasteiger charge is 2.28. The lowest BCUT2D eigenvalue weighted by Gasteiger charge is -2.11. The molecule has 3 rings (SSSR count). The van der Waals surface area contributed by atoms with E-state index in [0.717, 1.165) is 15.7 Å². The highest BCUT2D eigenvalue weighted by Crippen LogP contribution is 2.29. The van der Waals surface area contributed by atoms with Crippen LogP contribution in [0.25, 0.3) is 6.08 Å². The van der Waals surface area contributed by atoms with E-state index in [0.29, 0.717) is 17.0 Å². The van der Waals surface area contributed by atoms with Gasteiger partial charge in [0.2, 0.25) is 0 Å². The minimum atomic E-state index is -0.146. The van der Waals surface area contributed by atoms with Crippen LogP contribution in [0.2, 0.25) is 0 Å². The van der Waals surface area contributed by atoms with Gasteiger partial charge in [0.25, 0.3) is 5.91 Å². The Morgan fingerprint density at radius 3 is 2.72 bits per heavy atom. The van der Waals surface area contributed by atoms with Crippen LogP contribution in [0, 0.1) is 12.3 Å². The molecule has 0 atom stereocenters. The van der Waals surface area contributed by atoms with Gasteiger partial charge in [-0.3, -0.25) is 4.79 Å². The van der Waals surface area contributed by atoms with E-state index in [1.165, 1.54) is 5.01 Å². The first kappa shape index (κ1) is 17.0. The van der Waals surface area contributed by atoms with E-state index in [1.807, 2.05) is 61.5 Å². The maximum Gasteiger partial charge on any atom is 0.280 e. The van der Waals surface area contributed by atoms with E-state index in [9.17, 15) is 4.79 Å². The fourth-order valence-electron chi connectivity index (χ4n) is 2.44. The zero-order valence-electron chi connectivity index (χ0n) is 13.6. The first-order chi connectivity index (χ1) is 12.1. The molecule has 0 aliphatic carbocycles. The number of nitrogens with zero attached hydrogens (tertiary/aromatic N) is 2. The molecule has 2 aromatic rings. The monoisotopic (exact) mass is 394 g/mol. The lowest BCUT2D eigenvalue weighted by molar-refractivity contribution is -0.114. The largest absolute Gasteiger partial charge is 0.480 e. The summed E-state index contributed by atoms with van der Waals surface area (Å²) < 4.78 is 6.20. The van der Waals surface area contributed by atoms with Crippen LogP contribution in [-0.2, 0) is 4.79 Å². The van der Waals surface area contributed by atoms with Gasteiger partial charge in [0.05, 0.1) is 21.4 Å². The Morgan fingerprint density at radius 1 is 1.28 bits per heavy atom. The number of hydrogen-bond acceptors (Lipinski definition) is 3. The smallest absolute Gasteiger partial charge is 0.280 e. The zero-order chi connectivity index (χ0) is 17.8. The number of amides is 1. The maximum atomic E-state index is 12.7. The fourth-order valence-corrected chi connectivity index (χ4v) is 2.95. The van der Waals surface area contributed by atoms with E-state index < -0.39 is 0 Å². The third-order valence-electron chi connectivity index (χ3n) is 3.64. The highest BCUT2D eigenvalue weighted by atomic mass is 79.9. The quantitative estimate of drug-likeness (QED) is 0.573. The van der Waals surface area contributed by atoms with Crippen LogP contribution >= 0.6 is 15.9 Å². The van der Waals surface area contributed by atoms with Crippen molar-refractivity contribution < 1.29 is 9.53 Å². The fraction of sp³-hybridized carbons (Fsp3) is 0.100. The topological polar surface area (TPSA) is 41.9 Å². The van der Waals surface area contributed by atoms with Crippen LogP contribution in [0.5, 0.6) is 5.75 Å². The van der Waals surface area contributed by atoms with Gasteiger partial charge < -0.3 is 4.74 Å². The molecule has 2 aromatic carbocycles.